The maximum atomic E-state index is 12.5. The minimum atomic E-state index is -3.79. The summed E-state index contributed by atoms with van der Waals surface area (Å²) in [4.78, 5) is 25.3. The highest BCUT2D eigenvalue weighted by atomic mass is 32.2. The van der Waals surface area contributed by atoms with Crippen LogP contribution in [-0.4, -0.2) is 67.7 Å². The monoisotopic (exact) mass is 397 g/mol. The van der Waals surface area contributed by atoms with E-state index in [0.29, 0.717) is 13.1 Å². The predicted molar refractivity (Wildman–Crippen MR) is 103 cm³/mol. The highest BCUT2D eigenvalue weighted by Gasteiger charge is 2.31. The van der Waals surface area contributed by atoms with Crippen molar-refractivity contribution >= 4 is 27.6 Å². The molecule has 1 aromatic rings. The number of carboxylic acid groups (broad SMARTS) is 1. The van der Waals surface area contributed by atoms with Crippen LogP contribution in [0.1, 0.15) is 19.4 Å². The molecule has 0 unspecified atom stereocenters. The quantitative estimate of drug-likeness (QED) is 0.700. The van der Waals surface area contributed by atoms with Crippen LogP contribution >= 0.6 is 0 Å². The molecule has 1 aliphatic rings. The summed E-state index contributed by atoms with van der Waals surface area (Å²) < 4.78 is 26.3. The van der Waals surface area contributed by atoms with Gasteiger partial charge in [0, 0.05) is 31.9 Å². The molecule has 0 spiro atoms. The van der Waals surface area contributed by atoms with Crippen LogP contribution in [0.5, 0.6) is 0 Å². The van der Waals surface area contributed by atoms with Crippen LogP contribution in [0.15, 0.2) is 24.3 Å². The van der Waals surface area contributed by atoms with Gasteiger partial charge >= 0.3 is 5.97 Å². The van der Waals surface area contributed by atoms with Gasteiger partial charge in [-0.1, -0.05) is 26.0 Å². The lowest BCUT2D eigenvalue weighted by atomic mass is 10.1. The third-order valence-electron chi connectivity index (χ3n) is 4.56. The van der Waals surface area contributed by atoms with E-state index >= 15 is 0 Å². The first-order valence-corrected chi connectivity index (χ1v) is 10.5. The molecule has 0 aliphatic carbocycles. The summed E-state index contributed by atoms with van der Waals surface area (Å²) in [6, 6.07) is 6.90. The summed E-state index contributed by atoms with van der Waals surface area (Å²) in [7, 11) is -3.79. The van der Waals surface area contributed by atoms with Gasteiger partial charge in [-0.15, -0.1) is 0 Å². The number of benzene rings is 1. The van der Waals surface area contributed by atoms with Crippen molar-refractivity contribution < 1.29 is 23.1 Å². The van der Waals surface area contributed by atoms with Gasteiger partial charge in [-0.3, -0.25) is 4.79 Å². The van der Waals surface area contributed by atoms with Crippen molar-refractivity contribution in [1.82, 2.24) is 9.62 Å². The van der Waals surface area contributed by atoms with E-state index in [1.54, 1.807) is 13.8 Å². The Kier molecular flexibility index (Phi) is 6.83. The molecule has 1 aliphatic heterocycles. The minimum absolute atomic E-state index is 0.288. The van der Waals surface area contributed by atoms with Gasteiger partial charge in [-0.25, -0.2) is 13.2 Å². The number of piperazine rings is 1. The molecule has 1 aromatic carbocycles. The topological polar surface area (TPSA) is 107 Å². The molecule has 0 saturated carbocycles. The average molecular weight is 397 g/mol. The van der Waals surface area contributed by atoms with Gasteiger partial charge in [-0.2, -0.15) is 4.31 Å². The fraction of sp³-hybridized carbons (Fsp3) is 0.556. The van der Waals surface area contributed by atoms with Crippen molar-refractivity contribution in [2.24, 2.45) is 5.92 Å². The number of carboxylic acids is 1. The zero-order chi connectivity index (χ0) is 20.2. The number of anilines is 1. The number of amides is 1. The van der Waals surface area contributed by atoms with E-state index in [-0.39, 0.29) is 19.0 Å². The van der Waals surface area contributed by atoms with Gasteiger partial charge in [0.2, 0.25) is 15.9 Å². The molecule has 0 bridgehead atoms. The number of sulfonamides is 1. The molecule has 150 valence electrons. The second kappa shape index (κ2) is 8.71. The number of nitrogens with one attached hydrogen (secondary N) is 1. The van der Waals surface area contributed by atoms with Crippen LogP contribution in [0.3, 0.4) is 0 Å². The summed E-state index contributed by atoms with van der Waals surface area (Å²) >= 11 is 0. The number of carbonyl (C=O) groups is 2. The Hall–Kier alpha value is -2.13. The number of rotatable bonds is 7. The predicted octanol–water partition coefficient (Wildman–Crippen LogP) is 0.672. The van der Waals surface area contributed by atoms with Crippen LogP contribution in [0, 0.1) is 12.8 Å². The first kappa shape index (κ1) is 21.2. The van der Waals surface area contributed by atoms with E-state index in [1.165, 1.54) is 4.31 Å². The highest BCUT2D eigenvalue weighted by molar-refractivity contribution is 7.89. The zero-order valence-corrected chi connectivity index (χ0v) is 16.7. The van der Waals surface area contributed by atoms with E-state index in [4.69, 9.17) is 5.11 Å². The molecule has 27 heavy (non-hydrogen) atoms. The van der Waals surface area contributed by atoms with Gasteiger partial charge in [0.15, 0.2) is 0 Å². The number of aryl methyl sites for hydroxylation is 1. The van der Waals surface area contributed by atoms with Crippen LogP contribution < -0.4 is 10.2 Å². The molecule has 1 fully saturated rings. The number of nitrogens with zero attached hydrogens (tertiary/aromatic N) is 2. The lowest BCUT2D eigenvalue weighted by Gasteiger charge is -2.35. The number of hydrogen-bond donors (Lipinski definition) is 2. The molecule has 1 saturated heterocycles. The van der Waals surface area contributed by atoms with Gasteiger partial charge in [-0.05, 0) is 30.5 Å². The second-order valence-corrected chi connectivity index (χ2v) is 9.08. The van der Waals surface area contributed by atoms with Crippen LogP contribution in [-0.2, 0) is 19.6 Å². The Morgan fingerprint density at radius 1 is 1.19 bits per heavy atom. The third kappa shape index (κ3) is 5.67. The van der Waals surface area contributed by atoms with Crippen molar-refractivity contribution in [2.45, 2.75) is 26.8 Å². The standard InChI is InChI=1S/C18H27N3O5S/c1-13(2)17(18(23)24)19-16(22)12-27(25,26)21-9-7-20(8-10-21)15-6-4-5-14(3)11-15/h4-6,11,13,17H,7-10,12H2,1-3H3,(H,19,22)(H,23,24)/t17-/m0/s1. The van der Waals surface area contributed by atoms with Crippen molar-refractivity contribution in [3.8, 4) is 0 Å². The van der Waals surface area contributed by atoms with E-state index in [9.17, 15) is 18.0 Å². The molecule has 1 amide bonds. The normalized spacial score (nSPS) is 17.0. The molecule has 1 heterocycles. The fourth-order valence-corrected chi connectivity index (χ4v) is 4.35. The number of carbonyl (C=O) groups excluding carboxylic acids is 1. The molecular formula is C18H27N3O5S. The lowest BCUT2D eigenvalue weighted by molar-refractivity contribution is -0.142. The Balaban J connectivity index is 1.94. The lowest BCUT2D eigenvalue weighted by Crippen LogP contribution is -2.52. The Bertz CT molecular complexity index is 786. The first-order valence-electron chi connectivity index (χ1n) is 8.92. The Labute approximate surface area is 160 Å². The maximum absolute atomic E-state index is 12.5. The van der Waals surface area contributed by atoms with Crippen molar-refractivity contribution in [2.75, 3.05) is 36.8 Å². The SMILES string of the molecule is Cc1cccc(N2CCN(S(=O)(=O)CC(=O)N[C@H](C(=O)O)C(C)C)CC2)c1. The smallest absolute Gasteiger partial charge is 0.326 e. The van der Waals surface area contributed by atoms with Crippen molar-refractivity contribution in [3.63, 3.8) is 0 Å². The molecular weight excluding hydrogens is 370 g/mol. The molecule has 2 rings (SSSR count). The number of aliphatic carboxylic acids is 1. The van der Waals surface area contributed by atoms with E-state index in [2.05, 4.69) is 16.3 Å². The minimum Gasteiger partial charge on any atom is -0.480 e. The first-order chi connectivity index (χ1) is 12.6. The van der Waals surface area contributed by atoms with Gasteiger partial charge < -0.3 is 15.3 Å². The summed E-state index contributed by atoms with van der Waals surface area (Å²) in [5.74, 6) is -3.06. The molecule has 1 atom stereocenters. The third-order valence-corrected chi connectivity index (χ3v) is 6.34. The van der Waals surface area contributed by atoms with Gasteiger partial charge in [0.1, 0.15) is 11.8 Å². The van der Waals surface area contributed by atoms with Crippen molar-refractivity contribution in [1.29, 1.82) is 0 Å². The highest BCUT2D eigenvalue weighted by Crippen LogP contribution is 2.19. The van der Waals surface area contributed by atoms with Crippen molar-refractivity contribution in [3.05, 3.63) is 29.8 Å². The Morgan fingerprint density at radius 2 is 1.81 bits per heavy atom. The van der Waals surface area contributed by atoms with Crippen LogP contribution in [0.2, 0.25) is 0 Å². The fourth-order valence-electron chi connectivity index (χ4n) is 3.03. The second-order valence-electron chi connectivity index (χ2n) is 7.11. The molecule has 0 aromatic heterocycles. The molecule has 0 radical (unpaired) electrons. The van der Waals surface area contributed by atoms with Crippen LogP contribution in [0.4, 0.5) is 5.69 Å². The van der Waals surface area contributed by atoms with Gasteiger partial charge in [0.25, 0.3) is 0 Å². The maximum Gasteiger partial charge on any atom is 0.326 e. The summed E-state index contributed by atoms with van der Waals surface area (Å²) in [5, 5.41) is 11.4. The van der Waals surface area contributed by atoms with Crippen LogP contribution in [0.25, 0.3) is 0 Å². The molecule has 9 heteroatoms. The van der Waals surface area contributed by atoms with Gasteiger partial charge in [0.05, 0.1) is 0 Å². The summed E-state index contributed by atoms with van der Waals surface area (Å²) in [5.41, 5.74) is 2.18. The van der Waals surface area contributed by atoms with E-state index in [1.807, 2.05) is 25.1 Å². The molecule has 2 N–H and O–H groups in total. The summed E-state index contributed by atoms with van der Waals surface area (Å²) in [6.07, 6.45) is 0. The van der Waals surface area contributed by atoms with E-state index < -0.39 is 33.7 Å². The Morgan fingerprint density at radius 3 is 2.33 bits per heavy atom. The van der Waals surface area contributed by atoms with E-state index in [0.717, 1.165) is 11.3 Å². The number of hydrogen-bond acceptors (Lipinski definition) is 5. The molecule has 8 nitrogen and oxygen atoms in total. The largest absolute Gasteiger partial charge is 0.480 e. The summed E-state index contributed by atoms with van der Waals surface area (Å²) in [6.45, 7) is 6.95. The average Bonchev–Trinajstić information content (AvgIpc) is 2.59. The zero-order valence-electron chi connectivity index (χ0n) is 15.9.